The molecule has 0 bridgehead atoms. The predicted molar refractivity (Wildman–Crippen MR) is 60.1 cm³/mol. The van der Waals surface area contributed by atoms with Crippen LogP contribution in [-0.4, -0.2) is 23.8 Å². The summed E-state index contributed by atoms with van der Waals surface area (Å²) in [7, 11) is 0. The van der Waals surface area contributed by atoms with Gasteiger partial charge in [0.05, 0.1) is 18.2 Å². The second-order valence-electron chi connectivity index (χ2n) is 3.76. The molecule has 1 atom stereocenters. The molecule has 0 saturated carbocycles. The van der Waals surface area contributed by atoms with Crippen molar-refractivity contribution in [2.45, 2.75) is 19.1 Å². The molecule has 4 nitrogen and oxygen atoms in total. The van der Waals surface area contributed by atoms with Crippen LogP contribution in [0.3, 0.4) is 0 Å². The molecule has 0 saturated heterocycles. The fourth-order valence-electron chi connectivity index (χ4n) is 1.21. The highest BCUT2D eigenvalue weighted by Gasteiger charge is 2.30. The molecule has 0 radical (unpaired) electrons. The van der Waals surface area contributed by atoms with E-state index in [4.69, 9.17) is 5.11 Å². The van der Waals surface area contributed by atoms with Crippen molar-refractivity contribution in [3.8, 4) is 0 Å². The van der Waals surface area contributed by atoms with E-state index in [1.54, 1.807) is 6.92 Å². The van der Waals surface area contributed by atoms with Crippen molar-refractivity contribution in [3.63, 3.8) is 0 Å². The minimum Gasteiger partial charge on any atom is -0.394 e. The lowest BCUT2D eigenvalue weighted by molar-refractivity contribution is -0.137. The summed E-state index contributed by atoms with van der Waals surface area (Å²) in [6.45, 7) is 1.31. The van der Waals surface area contributed by atoms with Crippen LogP contribution in [0.15, 0.2) is 24.3 Å². The zero-order valence-corrected chi connectivity index (χ0v) is 9.58. The fourth-order valence-corrected chi connectivity index (χ4v) is 1.21. The monoisotopic (exact) mass is 262 g/mol. The summed E-state index contributed by atoms with van der Waals surface area (Å²) in [5.41, 5.74) is -0.803. The van der Waals surface area contributed by atoms with Crippen LogP contribution in [0, 0.1) is 0 Å². The Bertz CT molecular complexity index is 421. The molecule has 0 heterocycles. The summed E-state index contributed by atoms with van der Waals surface area (Å²) < 4.78 is 37.2. The van der Waals surface area contributed by atoms with E-state index in [0.29, 0.717) is 0 Å². The van der Waals surface area contributed by atoms with Crippen molar-refractivity contribution in [1.82, 2.24) is 5.32 Å². The normalized spacial score (nSPS) is 12.9. The highest BCUT2D eigenvalue weighted by molar-refractivity contribution is 5.89. The minimum absolute atomic E-state index is 0.0347. The van der Waals surface area contributed by atoms with Crippen molar-refractivity contribution in [1.29, 1.82) is 0 Å². The SMILES string of the molecule is CC(CO)NC(=O)Nc1cccc(C(F)(F)F)c1. The van der Waals surface area contributed by atoms with Gasteiger partial charge in [-0.3, -0.25) is 0 Å². The Morgan fingerprint density at radius 2 is 2.11 bits per heavy atom. The summed E-state index contributed by atoms with van der Waals surface area (Å²) in [5, 5.41) is 13.3. The molecule has 1 rings (SSSR count). The molecular formula is C11H13F3N2O2. The van der Waals surface area contributed by atoms with Gasteiger partial charge in [0.25, 0.3) is 0 Å². The molecule has 0 spiro atoms. The molecule has 0 aliphatic heterocycles. The second-order valence-corrected chi connectivity index (χ2v) is 3.76. The van der Waals surface area contributed by atoms with E-state index in [9.17, 15) is 18.0 Å². The second kappa shape index (κ2) is 5.72. The van der Waals surface area contributed by atoms with Gasteiger partial charge in [0.2, 0.25) is 0 Å². The van der Waals surface area contributed by atoms with Crippen LogP contribution >= 0.6 is 0 Å². The third-order valence-corrected chi connectivity index (χ3v) is 2.10. The Kier molecular flexibility index (Phi) is 4.55. The number of nitrogens with one attached hydrogen (secondary N) is 2. The number of urea groups is 1. The van der Waals surface area contributed by atoms with E-state index in [2.05, 4.69) is 10.6 Å². The standard InChI is InChI=1S/C11H13F3N2O2/c1-7(6-17)15-10(18)16-9-4-2-3-8(5-9)11(12,13)14/h2-5,7,17H,6H2,1H3,(H2,15,16,18). The summed E-state index contributed by atoms with van der Waals surface area (Å²) in [6.07, 6.45) is -4.45. The first-order chi connectivity index (χ1) is 8.32. The molecule has 0 aliphatic rings. The molecule has 1 aromatic rings. The van der Waals surface area contributed by atoms with E-state index in [0.717, 1.165) is 12.1 Å². The number of halogens is 3. The van der Waals surface area contributed by atoms with Gasteiger partial charge in [-0.05, 0) is 25.1 Å². The summed E-state index contributed by atoms with van der Waals surface area (Å²) in [4.78, 5) is 11.3. The first kappa shape index (κ1) is 14.3. The number of alkyl halides is 3. The number of amides is 2. The number of hydrogen-bond acceptors (Lipinski definition) is 2. The molecule has 2 amide bonds. The topological polar surface area (TPSA) is 61.4 Å². The Balaban J connectivity index is 2.71. The third-order valence-electron chi connectivity index (χ3n) is 2.10. The molecule has 1 aromatic carbocycles. The van der Waals surface area contributed by atoms with Gasteiger partial charge in [0, 0.05) is 5.69 Å². The molecular weight excluding hydrogens is 249 g/mol. The van der Waals surface area contributed by atoms with Crippen LogP contribution < -0.4 is 10.6 Å². The van der Waals surface area contributed by atoms with Gasteiger partial charge >= 0.3 is 12.2 Å². The van der Waals surface area contributed by atoms with Gasteiger partial charge in [-0.2, -0.15) is 13.2 Å². The van der Waals surface area contributed by atoms with Gasteiger partial charge in [0.15, 0.2) is 0 Å². The van der Waals surface area contributed by atoms with E-state index < -0.39 is 23.8 Å². The van der Waals surface area contributed by atoms with Crippen LogP contribution in [0.2, 0.25) is 0 Å². The largest absolute Gasteiger partial charge is 0.416 e. The Morgan fingerprint density at radius 3 is 2.67 bits per heavy atom. The maximum absolute atomic E-state index is 12.4. The zero-order valence-electron chi connectivity index (χ0n) is 9.58. The summed E-state index contributed by atoms with van der Waals surface area (Å²) in [6, 6.07) is 3.15. The number of benzene rings is 1. The minimum atomic E-state index is -4.45. The van der Waals surface area contributed by atoms with Crippen molar-refractivity contribution in [2.24, 2.45) is 0 Å². The lowest BCUT2D eigenvalue weighted by Gasteiger charge is -2.13. The first-order valence-electron chi connectivity index (χ1n) is 5.18. The van der Waals surface area contributed by atoms with Gasteiger partial charge < -0.3 is 15.7 Å². The van der Waals surface area contributed by atoms with Gasteiger partial charge in [-0.15, -0.1) is 0 Å². The third kappa shape index (κ3) is 4.25. The van der Waals surface area contributed by atoms with Crippen molar-refractivity contribution >= 4 is 11.7 Å². The van der Waals surface area contributed by atoms with Gasteiger partial charge in [-0.25, -0.2) is 4.79 Å². The molecule has 0 aliphatic carbocycles. The number of aliphatic hydroxyl groups is 1. The Morgan fingerprint density at radius 1 is 1.44 bits per heavy atom. The van der Waals surface area contributed by atoms with Crippen LogP contribution in [0.1, 0.15) is 12.5 Å². The van der Waals surface area contributed by atoms with Gasteiger partial charge in [0.1, 0.15) is 0 Å². The van der Waals surface area contributed by atoms with Crippen LogP contribution in [0.5, 0.6) is 0 Å². The van der Waals surface area contributed by atoms with Crippen LogP contribution in [0.4, 0.5) is 23.7 Å². The van der Waals surface area contributed by atoms with E-state index in [1.807, 2.05) is 0 Å². The van der Waals surface area contributed by atoms with Crippen molar-refractivity contribution in [2.75, 3.05) is 11.9 Å². The lowest BCUT2D eigenvalue weighted by atomic mass is 10.2. The maximum atomic E-state index is 12.4. The average molecular weight is 262 g/mol. The number of rotatable bonds is 3. The van der Waals surface area contributed by atoms with E-state index >= 15 is 0 Å². The lowest BCUT2D eigenvalue weighted by Crippen LogP contribution is -2.38. The number of aliphatic hydroxyl groups excluding tert-OH is 1. The van der Waals surface area contributed by atoms with Crippen molar-refractivity contribution in [3.05, 3.63) is 29.8 Å². The quantitative estimate of drug-likeness (QED) is 0.782. The highest BCUT2D eigenvalue weighted by atomic mass is 19.4. The van der Waals surface area contributed by atoms with E-state index in [-0.39, 0.29) is 12.3 Å². The summed E-state index contributed by atoms with van der Waals surface area (Å²) in [5.74, 6) is 0. The van der Waals surface area contributed by atoms with E-state index in [1.165, 1.54) is 12.1 Å². The molecule has 3 N–H and O–H groups in total. The summed E-state index contributed by atoms with van der Waals surface area (Å²) >= 11 is 0. The molecule has 1 unspecified atom stereocenters. The van der Waals surface area contributed by atoms with Crippen molar-refractivity contribution < 1.29 is 23.1 Å². The number of hydrogen-bond donors (Lipinski definition) is 3. The number of carbonyl (C=O) groups is 1. The number of anilines is 1. The highest BCUT2D eigenvalue weighted by Crippen LogP contribution is 2.30. The Hall–Kier alpha value is -1.76. The first-order valence-corrected chi connectivity index (χ1v) is 5.18. The smallest absolute Gasteiger partial charge is 0.394 e. The maximum Gasteiger partial charge on any atom is 0.416 e. The zero-order chi connectivity index (χ0) is 13.8. The molecule has 18 heavy (non-hydrogen) atoms. The van der Waals surface area contributed by atoms with Crippen LogP contribution in [0.25, 0.3) is 0 Å². The molecule has 100 valence electrons. The van der Waals surface area contributed by atoms with Crippen LogP contribution in [-0.2, 0) is 6.18 Å². The molecule has 0 fully saturated rings. The predicted octanol–water partition coefficient (Wildman–Crippen LogP) is 2.21. The van der Waals surface area contributed by atoms with Gasteiger partial charge in [-0.1, -0.05) is 6.07 Å². The Labute approximate surface area is 102 Å². The number of carbonyl (C=O) groups excluding carboxylic acids is 1. The molecule has 7 heteroatoms. The fraction of sp³-hybridized carbons (Fsp3) is 0.364. The average Bonchev–Trinajstić information content (AvgIpc) is 2.27. The molecule has 0 aromatic heterocycles.